The smallest absolute Gasteiger partial charge is 0.410 e. The SMILES string of the molecule is CCCCOc1ccc(C(=O)N(CCC)c2ccc(N3CCC(N(C)C(=O)OC(C)(C)C)C3)c(F)c2)cc1. The van der Waals surface area contributed by atoms with E-state index >= 15 is 4.39 Å². The lowest BCUT2D eigenvalue weighted by Gasteiger charge is -2.29. The Morgan fingerprint density at radius 2 is 1.79 bits per heavy atom. The van der Waals surface area contributed by atoms with Crippen molar-refractivity contribution >= 4 is 23.4 Å². The van der Waals surface area contributed by atoms with Gasteiger partial charge in [0, 0.05) is 37.9 Å². The number of carbonyl (C=O) groups excluding carboxylic acids is 2. The predicted octanol–water partition coefficient (Wildman–Crippen LogP) is 6.51. The first kappa shape index (κ1) is 29.3. The zero-order valence-electron chi connectivity index (χ0n) is 23.6. The van der Waals surface area contributed by atoms with E-state index in [2.05, 4.69) is 6.92 Å². The molecule has 0 N–H and O–H groups in total. The molecule has 38 heavy (non-hydrogen) atoms. The number of benzene rings is 2. The van der Waals surface area contributed by atoms with Crippen LogP contribution < -0.4 is 14.5 Å². The van der Waals surface area contributed by atoms with Crippen molar-refractivity contribution in [2.24, 2.45) is 0 Å². The van der Waals surface area contributed by atoms with Crippen molar-refractivity contribution in [2.75, 3.05) is 43.1 Å². The Balaban J connectivity index is 1.70. The number of carbonyl (C=O) groups is 2. The fourth-order valence-corrected chi connectivity index (χ4v) is 4.44. The maximum Gasteiger partial charge on any atom is 0.410 e. The molecule has 208 valence electrons. The van der Waals surface area contributed by atoms with E-state index in [-0.39, 0.29) is 18.0 Å². The van der Waals surface area contributed by atoms with Crippen LogP contribution in [-0.2, 0) is 4.74 Å². The average Bonchev–Trinajstić information content (AvgIpc) is 3.36. The number of halogens is 1. The number of hydrogen-bond acceptors (Lipinski definition) is 5. The van der Waals surface area contributed by atoms with Crippen molar-refractivity contribution < 1.29 is 23.5 Å². The lowest BCUT2D eigenvalue weighted by molar-refractivity contribution is 0.0237. The molecule has 0 spiro atoms. The minimum absolute atomic E-state index is 0.0731. The summed E-state index contributed by atoms with van der Waals surface area (Å²) in [5.74, 6) is 0.157. The molecule has 3 rings (SSSR count). The van der Waals surface area contributed by atoms with Crippen LogP contribution in [0.4, 0.5) is 20.6 Å². The summed E-state index contributed by atoms with van der Waals surface area (Å²) in [6.07, 6.45) is 3.10. The molecule has 2 amide bonds. The van der Waals surface area contributed by atoms with E-state index in [9.17, 15) is 9.59 Å². The van der Waals surface area contributed by atoms with Gasteiger partial charge in [-0.1, -0.05) is 20.3 Å². The molecule has 1 heterocycles. The van der Waals surface area contributed by atoms with E-state index in [0.717, 1.165) is 31.4 Å². The van der Waals surface area contributed by atoms with Crippen molar-refractivity contribution in [3.8, 4) is 5.75 Å². The monoisotopic (exact) mass is 527 g/mol. The number of hydrogen-bond donors (Lipinski definition) is 0. The predicted molar refractivity (Wildman–Crippen MR) is 150 cm³/mol. The van der Waals surface area contributed by atoms with Gasteiger partial charge in [-0.3, -0.25) is 4.79 Å². The summed E-state index contributed by atoms with van der Waals surface area (Å²) in [5.41, 5.74) is 0.935. The fraction of sp³-hybridized carbons (Fsp3) is 0.533. The molecule has 8 heteroatoms. The second-order valence-electron chi connectivity index (χ2n) is 10.8. The van der Waals surface area contributed by atoms with Crippen LogP contribution in [-0.4, -0.2) is 61.8 Å². The van der Waals surface area contributed by atoms with Gasteiger partial charge in [-0.15, -0.1) is 0 Å². The van der Waals surface area contributed by atoms with Crippen LogP contribution in [0.5, 0.6) is 5.75 Å². The van der Waals surface area contributed by atoms with E-state index in [1.165, 1.54) is 6.07 Å². The Morgan fingerprint density at radius 3 is 2.39 bits per heavy atom. The van der Waals surface area contributed by atoms with E-state index in [1.807, 2.05) is 32.6 Å². The minimum atomic E-state index is -0.572. The number of amides is 2. The normalized spacial score (nSPS) is 15.3. The van der Waals surface area contributed by atoms with Crippen molar-refractivity contribution in [3.05, 3.63) is 53.8 Å². The van der Waals surface area contributed by atoms with Gasteiger partial charge in [0.2, 0.25) is 0 Å². The van der Waals surface area contributed by atoms with Gasteiger partial charge in [0.25, 0.3) is 5.91 Å². The Bertz CT molecular complexity index is 1080. The fourth-order valence-electron chi connectivity index (χ4n) is 4.44. The lowest BCUT2D eigenvalue weighted by atomic mass is 10.1. The first-order valence-electron chi connectivity index (χ1n) is 13.6. The highest BCUT2D eigenvalue weighted by atomic mass is 19.1. The minimum Gasteiger partial charge on any atom is -0.494 e. The summed E-state index contributed by atoms with van der Waals surface area (Å²) >= 11 is 0. The van der Waals surface area contributed by atoms with Crippen LogP contribution in [0.2, 0.25) is 0 Å². The van der Waals surface area contributed by atoms with Gasteiger partial charge in [-0.2, -0.15) is 0 Å². The Hall–Kier alpha value is -3.29. The highest BCUT2D eigenvalue weighted by Crippen LogP contribution is 2.30. The lowest BCUT2D eigenvalue weighted by Crippen LogP contribution is -2.42. The number of ether oxygens (including phenoxy) is 2. The maximum atomic E-state index is 15.4. The second-order valence-corrected chi connectivity index (χ2v) is 10.8. The number of nitrogens with zero attached hydrogens (tertiary/aromatic N) is 3. The van der Waals surface area contributed by atoms with E-state index < -0.39 is 11.4 Å². The number of unbranched alkanes of at least 4 members (excludes halogenated alkanes) is 1. The summed E-state index contributed by atoms with van der Waals surface area (Å²) in [5, 5.41) is 0. The molecule has 1 saturated heterocycles. The van der Waals surface area contributed by atoms with Gasteiger partial charge in [0.05, 0.1) is 18.3 Å². The zero-order valence-corrected chi connectivity index (χ0v) is 23.6. The number of anilines is 2. The highest BCUT2D eigenvalue weighted by molar-refractivity contribution is 6.06. The van der Waals surface area contributed by atoms with Crippen molar-refractivity contribution in [2.45, 2.75) is 71.9 Å². The number of rotatable bonds is 10. The average molecular weight is 528 g/mol. The van der Waals surface area contributed by atoms with Gasteiger partial charge in [0.15, 0.2) is 0 Å². The molecule has 0 saturated carbocycles. The van der Waals surface area contributed by atoms with Crippen LogP contribution >= 0.6 is 0 Å². The van der Waals surface area contributed by atoms with Gasteiger partial charge in [-0.25, -0.2) is 9.18 Å². The van der Waals surface area contributed by atoms with E-state index in [1.54, 1.807) is 53.2 Å². The third-order valence-electron chi connectivity index (χ3n) is 6.54. The molecule has 1 fully saturated rings. The van der Waals surface area contributed by atoms with Crippen LogP contribution in [0.25, 0.3) is 0 Å². The molecule has 2 aromatic carbocycles. The third kappa shape index (κ3) is 7.62. The van der Waals surface area contributed by atoms with E-state index in [0.29, 0.717) is 43.2 Å². The molecule has 0 radical (unpaired) electrons. The molecule has 0 aromatic heterocycles. The quantitative estimate of drug-likeness (QED) is 0.330. The molecule has 1 aliphatic rings. The highest BCUT2D eigenvalue weighted by Gasteiger charge is 2.32. The Kier molecular flexibility index (Phi) is 10.00. The molecule has 0 bridgehead atoms. The van der Waals surface area contributed by atoms with Gasteiger partial charge < -0.3 is 24.2 Å². The molecule has 2 aromatic rings. The van der Waals surface area contributed by atoms with Crippen LogP contribution in [0.1, 0.15) is 70.7 Å². The zero-order chi connectivity index (χ0) is 27.9. The molecule has 0 aliphatic carbocycles. The summed E-state index contributed by atoms with van der Waals surface area (Å²) < 4.78 is 26.6. The van der Waals surface area contributed by atoms with Gasteiger partial charge in [0.1, 0.15) is 17.2 Å². The molecular formula is C30H42FN3O4. The van der Waals surface area contributed by atoms with Gasteiger partial charge >= 0.3 is 6.09 Å². The van der Waals surface area contributed by atoms with Crippen LogP contribution in [0.15, 0.2) is 42.5 Å². The standard InChI is InChI=1S/C30H42FN3O4/c1-7-9-19-37-25-13-10-22(11-14-25)28(35)34(17-8-2)23-12-15-27(26(31)20-23)33-18-16-24(21-33)32(6)29(36)38-30(3,4)5/h10-15,20,24H,7-9,16-19,21H2,1-6H3. The maximum absolute atomic E-state index is 15.4. The molecule has 1 aliphatic heterocycles. The van der Waals surface area contributed by atoms with Gasteiger partial charge in [-0.05, 0) is 82.5 Å². The first-order chi connectivity index (χ1) is 18.0. The van der Waals surface area contributed by atoms with Crippen molar-refractivity contribution in [3.63, 3.8) is 0 Å². The Labute approximate surface area is 226 Å². The van der Waals surface area contributed by atoms with Crippen LogP contribution in [0, 0.1) is 5.82 Å². The summed E-state index contributed by atoms with van der Waals surface area (Å²) in [6.45, 7) is 11.8. The molecule has 1 unspecified atom stereocenters. The van der Waals surface area contributed by atoms with Crippen LogP contribution in [0.3, 0.4) is 0 Å². The first-order valence-corrected chi connectivity index (χ1v) is 13.6. The largest absolute Gasteiger partial charge is 0.494 e. The van der Waals surface area contributed by atoms with Crippen molar-refractivity contribution in [1.82, 2.24) is 4.90 Å². The molecule has 7 nitrogen and oxygen atoms in total. The second kappa shape index (κ2) is 13.0. The summed E-state index contributed by atoms with van der Waals surface area (Å²) in [4.78, 5) is 31.0. The topological polar surface area (TPSA) is 62.3 Å². The third-order valence-corrected chi connectivity index (χ3v) is 6.54. The van der Waals surface area contributed by atoms with E-state index in [4.69, 9.17) is 9.47 Å². The molecule has 1 atom stereocenters. The summed E-state index contributed by atoms with van der Waals surface area (Å²) in [6, 6.07) is 12.0. The Morgan fingerprint density at radius 1 is 1.08 bits per heavy atom. The molecular weight excluding hydrogens is 485 g/mol. The summed E-state index contributed by atoms with van der Waals surface area (Å²) in [7, 11) is 1.72. The number of likely N-dealkylation sites (N-methyl/N-ethyl adjacent to an activating group) is 1. The van der Waals surface area contributed by atoms with Crippen molar-refractivity contribution in [1.29, 1.82) is 0 Å².